The first-order valence-electron chi connectivity index (χ1n) is 8.46. The molecule has 3 rings (SSSR count). The first-order valence-corrected chi connectivity index (χ1v) is 8.46. The number of likely N-dealkylation sites (tertiary alicyclic amines) is 1. The van der Waals surface area contributed by atoms with Gasteiger partial charge in [0.15, 0.2) is 11.6 Å². The van der Waals surface area contributed by atoms with E-state index in [-0.39, 0.29) is 11.7 Å². The van der Waals surface area contributed by atoms with Crippen LogP contribution in [0.4, 0.5) is 10.1 Å². The highest BCUT2D eigenvalue weighted by Crippen LogP contribution is 2.25. The van der Waals surface area contributed by atoms with Gasteiger partial charge in [-0.25, -0.2) is 4.39 Å². The summed E-state index contributed by atoms with van der Waals surface area (Å²) < 4.78 is 18.5. The predicted molar refractivity (Wildman–Crippen MR) is 103 cm³/mol. The predicted octanol–water partition coefficient (Wildman–Crippen LogP) is 3.35. The Bertz CT molecular complexity index is 889. The molecule has 6 nitrogen and oxygen atoms in total. The second kappa shape index (κ2) is 7.90. The maximum atomic E-state index is 13.5. The SMILES string of the molecule is C=C(/C=C\C(=C)N1CCC(Nc2ccc(F)c(OC)c2)C1=O)c1cn[nH]c1. The molecule has 140 valence electrons. The third kappa shape index (κ3) is 4.08. The summed E-state index contributed by atoms with van der Waals surface area (Å²) in [5.41, 5.74) is 2.86. The number of halogens is 1. The number of aromatic amines is 1. The smallest absolute Gasteiger partial charge is 0.249 e. The van der Waals surface area contributed by atoms with E-state index in [1.807, 2.05) is 0 Å². The minimum absolute atomic E-state index is 0.0816. The number of carbonyl (C=O) groups is 1. The largest absolute Gasteiger partial charge is 0.494 e. The van der Waals surface area contributed by atoms with Crippen LogP contribution in [0.15, 0.2) is 61.6 Å². The van der Waals surface area contributed by atoms with Gasteiger partial charge in [0, 0.05) is 35.8 Å². The normalized spacial score (nSPS) is 16.7. The number of hydrogen-bond acceptors (Lipinski definition) is 4. The van der Waals surface area contributed by atoms with Crippen molar-refractivity contribution in [3.05, 3.63) is 73.0 Å². The summed E-state index contributed by atoms with van der Waals surface area (Å²) in [5.74, 6) is -0.395. The van der Waals surface area contributed by atoms with E-state index in [9.17, 15) is 9.18 Å². The number of ether oxygens (including phenoxy) is 1. The molecule has 1 aliphatic rings. The molecule has 0 radical (unpaired) electrons. The monoisotopic (exact) mass is 368 g/mol. The molecule has 2 heterocycles. The molecular weight excluding hydrogens is 347 g/mol. The number of nitrogens with one attached hydrogen (secondary N) is 2. The van der Waals surface area contributed by atoms with Gasteiger partial charge >= 0.3 is 0 Å². The molecule has 7 heteroatoms. The number of methoxy groups -OCH3 is 1. The lowest BCUT2D eigenvalue weighted by molar-refractivity contribution is -0.126. The van der Waals surface area contributed by atoms with Gasteiger partial charge in [0.1, 0.15) is 6.04 Å². The Morgan fingerprint density at radius 3 is 2.96 bits per heavy atom. The van der Waals surface area contributed by atoms with Crippen molar-refractivity contribution in [2.75, 3.05) is 19.0 Å². The van der Waals surface area contributed by atoms with Crippen molar-refractivity contribution < 1.29 is 13.9 Å². The number of nitrogens with zero attached hydrogens (tertiary/aromatic N) is 2. The Morgan fingerprint density at radius 2 is 2.26 bits per heavy atom. The maximum Gasteiger partial charge on any atom is 0.249 e. The summed E-state index contributed by atoms with van der Waals surface area (Å²) in [6.07, 6.45) is 7.59. The topological polar surface area (TPSA) is 70.2 Å². The maximum absolute atomic E-state index is 13.5. The molecule has 2 N–H and O–H groups in total. The van der Waals surface area contributed by atoms with Crippen LogP contribution in [0, 0.1) is 5.82 Å². The van der Waals surface area contributed by atoms with Gasteiger partial charge in [0.2, 0.25) is 5.91 Å². The fraction of sp³-hybridized carbons (Fsp3) is 0.200. The highest BCUT2D eigenvalue weighted by molar-refractivity contribution is 5.88. The standard InChI is InChI=1S/C20H21FN4O2/c1-13(15-11-22-23-12-15)4-5-14(2)25-9-8-18(20(25)26)24-16-6-7-17(21)19(10-16)27-3/h4-7,10-12,18,24H,1-2,8-9H2,3H3,(H,22,23)/b5-4-. The lowest BCUT2D eigenvalue weighted by Crippen LogP contribution is -2.32. The highest BCUT2D eigenvalue weighted by Gasteiger charge is 2.32. The van der Waals surface area contributed by atoms with Crippen molar-refractivity contribution in [2.24, 2.45) is 0 Å². The van der Waals surface area contributed by atoms with E-state index in [0.29, 0.717) is 24.4 Å². The van der Waals surface area contributed by atoms with Gasteiger partial charge in [-0.15, -0.1) is 0 Å². The number of H-pyrrole nitrogens is 1. The van der Waals surface area contributed by atoms with Crippen molar-refractivity contribution >= 4 is 17.2 Å². The van der Waals surface area contributed by atoms with Crippen molar-refractivity contribution in [1.82, 2.24) is 15.1 Å². The van der Waals surface area contributed by atoms with Gasteiger partial charge in [-0.2, -0.15) is 5.10 Å². The van der Waals surface area contributed by atoms with Crippen LogP contribution < -0.4 is 10.1 Å². The average Bonchev–Trinajstić information content (AvgIpc) is 3.32. The van der Waals surface area contributed by atoms with Crippen LogP contribution in [0.3, 0.4) is 0 Å². The van der Waals surface area contributed by atoms with Crippen LogP contribution in [0.5, 0.6) is 5.75 Å². The van der Waals surface area contributed by atoms with Crippen molar-refractivity contribution in [1.29, 1.82) is 0 Å². The minimum atomic E-state index is -0.446. The summed E-state index contributed by atoms with van der Waals surface area (Å²) in [6.45, 7) is 8.49. The number of allylic oxidation sites excluding steroid dienone is 3. The average molecular weight is 368 g/mol. The number of rotatable bonds is 7. The Labute approximate surface area is 157 Å². The Hall–Kier alpha value is -3.35. The molecule has 1 aromatic carbocycles. The van der Waals surface area contributed by atoms with Crippen molar-refractivity contribution in [3.63, 3.8) is 0 Å². The summed E-state index contributed by atoms with van der Waals surface area (Å²) in [7, 11) is 1.40. The second-order valence-electron chi connectivity index (χ2n) is 6.16. The first-order chi connectivity index (χ1) is 13.0. The van der Waals surface area contributed by atoms with E-state index in [1.165, 1.54) is 19.2 Å². The molecule has 1 atom stereocenters. The third-order valence-electron chi connectivity index (χ3n) is 4.39. The van der Waals surface area contributed by atoms with Crippen LogP contribution in [-0.2, 0) is 4.79 Å². The van der Waals surface area contributed by atoms with Gasteiger partial charge in [-0.3, -0.25) is 9.89 Å². The molecular formula is C20H21FN4O2. The zero-order valence-electron chi connectivity index (χ0n) is 15.0. The van der Waals surface area contributed by atoms with Crippen LogP contribution >= 0.6 is 0 Å². The minimum Gasteiger partial charge on any atom is -0.494 e. The molecule has 1 amide bonds. The van der Waals surface area contributed by atoms with E-state index >= 15 is 0 Å². The fourth-order valence-electron chi connectivity index (χ4n) is 2.86. The number of hydrogen-bond donors (Lipinski definition) is 2. The van der Waals surface area contributed by atoms with E-state index in [0.717, 1.165) is 11.1 Å². The molecule has 2 aromatic rings. The van der Waals surface area contributed by atoms with Gasteiger partial charge < -0.3 is 15.0 Å². The molecule has 1 aromatic heterocycles. The van der Waals surface area contributed by atoms with Gasteiger partial charge in [0.25, 0.3) is 0 Å². The molecule has 1 saturated heterocycles. The van der Waals surface area contributed by atoms with E-state index < -0.39 is 11.9 Å². The summed E-state index contributed by atoms with van der Waals surface area (Å²) in [6, 6.07) is 4.02. The van der Waals surface area contributed by atoms with Crippen LogP contribution in [0.25, 0.3) is 5.57 Å². The molecule has 1 fully saturated rings. The van der Waals surface area contributed by atoms with E-state index in [2.05, 4.69) is 28.7 Å². The number of anilines is 1. The lowest BCUT2D eigenvalue weighted by Gasteiger charge is -2.18. The molecule has 0 saturated carbocycles. The van der Waals surface area contributed by atoms with Gasteiger partial charge in [0.05, 0.1) is 13.3 Å². The quantitative estimate of drug-likeness (QED) is 0.736. The molecule has 1 unspecified atom stereocenters. The Balaban J connectivity index is 1.62. The van der Waals surface area contributed by atoms with Crippen LogP contribution in [0.2, 0.25) is 0 Å². The molecule has 1 aliphatic heterocycles. The van der Waals surface area contributed by atoms with Crippen LogP contribution in [0.1, 0.15) is 12.0 Å². The molecule has 0 spiro atoms. The Morgan fingerprint density at radius 1 is 1.44 bits per heavy atom. The summed E-state index contributed by atoms with van der Waals surface area (Å²) in [5, 5.41) is 9.74. The summed E-state index contributed by atoms with van der Waals surface area (Å²) >= 11 is 0. The second-order valence-corrected chi connectivity index (χ2v) is 6.16. The van der Waals surface area contributed by atoms with Crippen molar-refractivity contribution in [3.8, 4) is 5.75 Å². The molecule has 0 bridgehead atoms. The highest BCUT2D eigenvalue weighted by atomic mass is 19.1. The van der Waals surface area contributed by atoms with Crippen LogP contribution in [-0.4, -0.2) is 40.7 Å². The summed E-state index contributed by atoms with van der Waals surface area (Å²) in [4.78, 5) is 14.3. The van der Waals surface area contributed by atoms with Gasteiger partial charge in [-0.05, 0) is 30.2 Å². The molecule has 27 heavy (non-hydrogen) atoms. The Kier molecular flexibility index (Phi) is 5.40. The third-order valence-corrected chi connectivity index (χ3v) is 4.39. The molecule has 0 aliphatic carbocycles. The van der Waals surface area contributed by atoms with Crippen molar-refractivity contribution in [2.45, 2.75) is 12.5 Å². The lowest BCUT2D eigenvalue weighted by atomic mass is 10.1. The zero-order chi connectivity index (χ0) is 19.4. The fourth-order valence-corrected chi connectivity index (χ4v) is 2.86. The zero-order valence-corrected chi connectivity index (χ0v) is 15.0. The number of benzene rings is 1. The number of aromatic nitrogens is 2. The first kappa shape index (κ1) is 18.4. The van der Waals surface area contributed by atoms with E-state index in [4.69, 9.17) is 4.74 Å². The number of amides is 1. The number of carbonyl (C=O) groups excluding carboxylic acids is 1. The van der Waals surface area contributed by atoms with Gasteiger partial charge in [-0.1, -0.05) is 19.2 Å². The van der Waals surface area contributed by atoms with E-state index in [1.54, 1.807) is 35.5 Å².